The lowest BCUT2D eigenvalue weighted by molar-refractivity contribution is 0.247. The first kappa shape index (κ1) is 9.72. The van der Waals surface area contributed by atoms with Crippen LogP contribution in [0.25, 0.3) is 10.9 Å². The van der Waals surface area contributed by atoms with Gasteiger partial charge in [-0.05, 0) is 18.2 Å². The van der Waals surface area contributed by atoms with Crippen molar-refractivity contribution in [3.05, 3.63) is 34.4 Å². The highest BCUT2D eigenvalue weighted by Crippen LogP contribution is 2.27. The summed E-state index contributed by atoms with van der Waals surface area (Å²) < 4.78 is 1.04. The van der Waals surface area contributed by atoms with Gasteiger partial charge < -0.3 is 15.6 Å². The zero-order valence-electron chi connectivity index (χ0n) is 8.38. The van der Waals surface area contributed by atoms with Crippen molar-refractivity contribution in [3.63, 3.8) is 0 Å². The van der Waals surface area contributed by atoms with E-state index in [0.29, 0.717) is 6.54 Å². The molecule has 5 heteroatoms. The number of hydrogen-bond acceptors (Lipinski definition) is 1. The summed E-state index contributed by atoms with van der Waals surface area (Å²) in [4.78, 5) is 14.3. The van der Waals surface area contributed by atoms with Crippen LogP contribution in [-0.4, -0.2) is 17.6 Å². The van der Waals surface area contributed by atoms with Gasteiger partial charge in [0.2, 0.25) is 0 Å². The van der Waals surface area contributed by atoms with Gasteiger partial charge in [-0.25, -0.2) is 4.79 Å². The maximum Gasteiger partial charge on any atom is 0.315 e. The van der Waals surface area contributed by atoms with Crippen LogP contribution in [0.3, 0.4) is 0 Å². The number of aromatic nitrogens is 1. The zero-order valence-corrected chi connectivity index (χ0v) is 9.97. The second kappa shape index (κ2) is 3.52. The molecule has 1 saturated heterocycles. The van der Waals surface area contributed by atoms with E-state index in [9.17, 15) is 4.79 Å². The molecule has 1 aliphatic heterocycles. The number of amides is 2. The molecular weight excluding hydrogens is 270 g/mol. The second-order valence-electron chi connectivity index (χ2n) is 3.84. The Morgan fingerprint density at radius 2 is 2.25 bits per heavy atom. The van der Waals surface area contributed by atoms with Crippen LogP contribution in [0.2, 0.25) is 0 Å². The van der Waals surface area contributed by atoms with Crippen LogP contribution in [0, 0.1) is 0 Å². The number of carbonyl (C=O) groups excluding carboxylic acids is 1. The summed E-state index contributed by atoms with van der Waals surface area (Å²) in [6.07, 6.45) is 1.95. The molecule has 0 spiro atoms. The lowest BCUT2D eigenvalue weighted by Gasteiger charge is -2.06. The number of rotatable bonds is 1. The molecular formula is C11H10BrN3O. The van der Waals surface area contributed by atoms with Crippen LogP contribution in [0.15, 0.2) is 28.9 Å². The maximum absolute atomic E-state index is 11.1. The standard InChI is InChI=1S/C11H10BrN3O/c12-6-1-2-9-7(3-6)8(4-13-9)10-5-14-11(16)15-10/h1-4,10,13H,5H2,(H2,14,15,16)/t10-/m1/s1. The number of fused-ring (bicyclic) bond motifs is 1. The van der Waals surface area contributed by atoms with E-state index in [1.165, 1.54) is 0 Å². The number of aromatic amines is 1. The Bertz CT molecular complexity index is 563. The summed E-state index contributed by atoms with van der Waals surface area (Å²) >= 11 is 3.45. The highest BCUT2D eigenvalue weighted by atomic mass is 79.9. The molecule has 1 fully saturated rings. The average molecular weight is 280 g/mol. The molecule has 2 amide bonds. The molecule has 3 N–H and O–H groups in total. The minimum atomic E-state index is -0.102. The first-order chi connectivity index (χ1) is 7.74. The monoisotopic (exact) mass is 279 g/mol. The van der Waals surface area contributed by atoms with Crippen LogP contribution < -0.4 is 10.6 Å². The van der Waals surface area contributed by atoms with Crippen molar-refractivity contribution in [1.29, 1.82) is 0 Å². The molecule has 0 bridgehead atoms. The smallest absolute Gasteiger partial charge is 0.315 e. The van der Waals surface area contributed by atoms with E-state index in [0.717, 1.165) is 20.9 Å². The third-order valence-electron chi connectivity index (χ3n) is 2.82. The van der Waals surface area contributed by atoms with Crippen molar-refractivity contribution in [3.8, 4) is 0 Å². The van der Waals surface area contributed by atoms with Crippen molar-refractivity contribution in [2.45, 2.75) is 6.04 Å². The number of carbonyl (C=O) groups is 1. The lowest BCUT2D eigenvalue weighted by atomic mass is 10.1. The van der Waals surface area contributed by atoms with E-state index in [4.69, 9.17) is 0 Å². The highest BCUT2D eigenvalue weighted by Gasteiger charge is 2.23. The quantitative estimate of drug-likeness (QED) is 0.737. The molecule has 3 rings (SSSR count). The summed E-state index contributed by atoms with van der Waals surface area (Å²) in [6.45, 7) is 0.637. The Kier molecular flexibility index (Phi) is 2.14. The molecule has 1 aromatic heterocycles. The van der Waals surface area contributed by atoms with Gasteiger partial charge in [-0.3, -0.25) is 0 Å². The average Bonchev–Trinajstić information content (AvgIpc) is 2.83. The van der Waals surface area contributed by atoms with Gasteiger partial charge in [0, 0.05) is 33.7 Å². The molecule has 82 valence electrons. The molecule has 2 aromatic rings. The molecule has 1 atom stereocenters. The van der Waals surface area contributed by atoms with E-state index in [-0.39, 0.29) is 12.1 Å². The van der Waals surface area contributed by atoms with Crippen molar-refractivity contribution >= 4 is 32.9 Å². The lowest BCUT2D eigenvalue weighted by Crippen LogP contribution is -2.21. The fourth-order valence-corrected chi connectivity index (χ4v) is 2.41. The van der Waals surface area contributed by atoms with Crippen molar-refractivity contribution in [1.82, 2.24) is 15.6 Å². The number of nitrogens with one attached hydrogen (secondary N) is 3. The van der Waals surface area contributed by atoms with Gasteiger partial charge >= 0.3 is 6.03 Å². The Morgan fingerprint density at radius 3 is 3.00 bits per heavy atom. The highest BCUT2D eigenvalue weighted by molar-refractivity contribution is 9.10. The van der Waals surface area contributed by atoms with Gasteiger partial charge in [0.25, 0.3) is 0 Å². The van der Waals surface area contributed by atoms with Gasteiger partial charge in [0.15, 0.2) is 0 Å². The summed E-state index contributed by atoms with van der Waals surface area (Å²) in [5.41, 5.74) is 2.20. The maximum atomic E-state index is 11.1. The van der Waals surface area contributed by atoms with E-state index < -0.39 is 0 Å². The van der Waals surface area contributed by atoms with E-state index in [1.807, 2.05) is 18.3 Å². The predicted molar refractivity (Wildman–Crippen MR) is 65.3 cm³/mol. The molecule has 16 heavy (non-hydrogen) atoms. The number of urea groups is 1. The predicted octanol–water partition coefficient (Wildman–Crippen LogP) is 2.28. The molecule has 0 unspecified atom stereocenters. The van der Waals surface area contributed by atoms with E-state index in [2.05, 4.69) is 37.6 Å². The third kappa shape index (κ3) is 1.48. The van der Waals surface area contributed by atoms with Gasteiger partial charge in [-0.2, -0.15) is 0 Å². The molecule has 1 aromatic carbocycles. The summed E-state index contributed by atoms with van der Waals surface area (Å²) in [5, 5.41) is 6.79. The Labute approximate surface area is 101 Å². The summed E-state index contributed by atoms with van der Waals surface area (Å²) in [5.74, 6) is 0. The minimum absolute atomic E-state index is 0.0514. The number of halogens is 1. The first-order valence-electron chi connectivity index (χ1n) is 5.05. The Morgan fingerprint density at radius 1 is 1.38 bits per heavy atom. The molecule has 0 radical (unpaired) electrons. The van der Waals surface area contributed by atoms with Gasteiger partial charge in [-0.15, -0.1) is 0 Å². The van der Waals surface area contributed by atoms with Gasteiger partial charge in [-0.1, -0.05) is 15.9 Å². The third-order valence-corrected chi connectivity index (χ3v) is 3.32. The summed E-state index contributed by atoms with van der Waals surface area (Å²) in [7, 11) is 0. The molecule has 1 aliphatic rings. The molecule has 2 heterocycles. The van der Waals surface area contributed by atoms with Crippen LogP contribution in [-0.2, 0) is 0 Å². The van der Waals surface area contributed by atoms with E-state index >= 15 is 0 Å². The van der Waals surface area contributed by atoms with Crippen LogP contribution in [0.4, 0.5) is 4.79 Å². The molecule has 4 nitrogen and oxygen atoms in total. The molecule has 0 saturated carbocycles. The Hall–Kier alpha value is -1.49. The number of H-pyrrole nitrogens is 1. The summed E-state index contributed by atoms with van der Waals surface area (Å²) in [6, 6.07) is 6.03. The topological polar surface area (TPSA) is 56.9 Å². The first-order valence-corrected chi connectivity index (χ1v) is 5.84. The molecule has 0 aliphatic carbocycles. The van der Waals surface area contributed by atoms with Crippen LogP contribution in [0.1, 0.15) is 11.6 Å². The number of benzene rings is 1. The van der Waals surface area contributed by atoms with Crippen LogP contribution in [0.5, 0.6) is 0 Å². The van der Waals surface area contributed by atoms with Crippen LogP contribution >= 0.6 is 15.9 Å². The minimum Gasteiger partial charge on any atom is -0.361 e. The largest absolute Gasteiger partial charge is 0.361 e. The van der Waals surface area contributed by atoms with Crippen molar-refractivity contribution in [2.24, 2.45) is 0 Å². The SMILES string of the molecule is O=C1NC[C@H](c2c[nH]c3ccc(Br)cc23)N1. The van der Waals surface area contributed by atoms with Crippen molar-refractivity contribution in [2.75, 3.05) is 6.54 Å². The van der Waals surface area contributed by atoms with Gasteiger partial charge in [0.1, 0.15) is 0 Å². The van der Waals surface area contributed by atoms with Crippen molar-refractivity contribution < 1.29 is 4.79 Å². The van der Waals surface area contributed by atoms with E-state index in [1.54, 1.807) is 0 Å². The fourth-order valence-electron chi connectivity index (χ4n) is 2.05. The Balaban J connectivity index is 2.09. The normalized spacial score (nSPS) is 19.8. The fraction of sp³-hybridized carbons (Fsp3) is 0.182. The van der Waals surface area contributed by atoms with Gasteiger partial charge in [0.05, 0.1) is 6.04 Å². The zero-order chi connectivity index (χ0) is 11.1. The second-order valence-corrected chi connectivity index (χ2v) is 4.76. The number of hydrogen-bond donors (Lipinski definition) is 3.